The van der Waals surface area contributed by atoms with Crippen molar-refractivity contribution in [2.24, 2.45) is 0 Å². The van der Waals surface area contributed by atoms with E-state index in [1.54, 1.807) is 6.08 Å². The van der Waals surface area contributed by atoms with Gasteiger partial charge in [0.15, 0.2) is 24.4 Å². The van der Waals surface area contributed by atoms with E-state index < -0.39 is 36.9 Å². The highest BCUT2D eigenvalue weighted by atomic mass is 16.8. The molecule has 0 aliphatic carbocycles. The van der Waals surface area contributed by atoms with Crippen molar-refractivity contribution in [2.45, 2.75) is 141 Å². The molecule has 0 bridgehead atoms. The second-order valence-corrected chi connectivity index (χ2v) is 14.6. The van der Waals surface area contributed by atoms with Crippen molar-refractivity contribution in [1.29, 1.82) is 0 Å². The third kappa shape index (κ3) is 31.5. The van der Waals surface area contributed by atoms with E-state index >= 15 is 0 Å². The van der Waals surface area contributed by atoms with Crippen LogP contribution in [0.5, 0.6) is 0 Å². The number of unbranched alkanes of at least 4 members (excludes halogenated alkanes) is 6. The molecule has 0 N–H and O–H groups in total. The summed E-state index contributed by atoms with van der Waals surface area (Å²) < 4.78 is 71.4. The van der Waals surface area contributed by atoms with Gasteiger partial charge < -0.3 is 71.1 Å². The van der Waals surface area contributed by atoms with E-state index in [-0.39, 0.29) is 43.2 Å². The highest BCUT2D eigenvalue weighted by Crippen LogP contribution is 2.13. The molecule has 374 valence electrons. The normalized spacial score (nSPS) is 23.0. The van der Waals surface area contributed by atoms with Crippen LogP contribution in [-0.2, 0) is 71.1 Å². The highest BCUT2D eigenvalue weighted by molar-refractivity contribution is 5.63. The third-order valence-corrected chi connectivity index (χ3v) is 8.78. The van der Waals surface area contributed by atoms with Gasteiger partial charge in [0.2, 0.25) is 0 Å². The van der Waals surface area contributed by atoms with E-state index in [0.717, 1.165) is 51.7 Å². The lowest BCUT2D eigenvalue weighted by atomic mass is 10.2. The molecule has 65 heavy (non-hydrogen) atoms. The van der Waals surface area contributed by atoms with E-state index in [1.807, 2.05) is 13.8 Å². The first-order valence-electron chi connectivity index (χ1n) is 22.4. The lowest BCUT2D eigenvalue weighted by Crippen LogP contribution is -2.18. The Bertz CT molecular complexity index is 1280. The van der Waals surface area contributed by atoms with Crippen LogP contribution < -0.4 is 0 Å². The monoisotopic (exact) mass is 936 g/mol. The predicted molar refractivity (Wildman–Crippen MR) is 228 cm³/mol. The minimum absolute atomic E-state index is 0.0162. The van der Waals surface area contributed by atoms with Crippen molar-refractivity contribution in [1.82, 2.24) is 0 Å². The van der Waals surface area contributed by atoms with Crippen LogP contribution in [0.25, 0.3) is 0 Å². The van der Waals surface area contributed by atoms with Gasteiger partial charge in [0.1, 0.15) is 51.8 Å². The number of ether oxygens (including phenoxy) is 15. The first-order chi connectivity index (χ1) is 31.5. The van der Waals surface area contributed by atoms with Gasteiger partial charge in [0.25, 0.3) is 0 Å². The minimum Gasteiger partial charge on any atom is -0.430 e. The molecule has 0 aromatic rings. The van der Waals surface area contributed by atoms with E-state index in [1.165, 1.54) is 44.6 Å². The molecule has 0 spiro atoms. The Kier molecular flexibility index (Phi) is 34.1. The van der Waals surface area contributed by atoms with Crippen molar-refractivity contribution in [3.63, 3.8) is 0 Å². The van der Waals surface area contributed by atoms with Gasteiger partial charge in [-0.25, -0.2) is 28.8 Å². The number of carbonyl (C=O) groups excluding carboxylic acids is 6. The van der Waals surface area contributed by atoms with Crippen molar-refractivity contribution in [3.8, 4) is 0 Å². The molecule has 6 aliphatic rings. The second-order valence-electron chi connectivity index (χ2n) is 14.6. The topological polar surface area (TPSA) is 241 Å². The Morgan fingerprint density at radius 2 is 0.769 bits per heavy atom. The second kappa shape index (κ2) is 38.3. The number of carbonyl (C=O) groups is 6. The molecule has 0 aromatic carbocycles. The van der Waals surface area contributed by atoms with Crippen LogP contribution in [0, 0.1) is 0 Å². The predicted octanol–water partition coefficient (Wildman–Crippen LogP) is 8.31. The van der Waals surface area contributed by atoms with Gasteiger partial charge in [-0.05, 0) is 31.8 Å². The highest BCUT2D eigenvalue weighted by Gasteiger charge is 2.27. The Morgan fingerprint density at radius 1 is 0.431 bits per heavy atom. The zero-order valence-corrected chi connectivity index (χ0v) is 38.6. The minimum atomic E-state index is -0.614. The van der Waals surface area contributed by atoms with Gasteiger partial charge in [-0.1, -0.05) is 91.7 Å². The maximum absolute atomic E-state index is 10.5. The summed E-state index contributed by atoms with van der Waals surface area (Å²) in [5.41, 5.74) is 0. The summed E-state index contributed by atoms with van der Waals surface area (Å²) in [5, 5.41) is 0. The number of hydrogen-bond donors (Lipinski definition) is 0. The molecule has 0 amide bonds. The Morgan fingerprint density at radius 3 is 1.03 bits per heavy atom. The fourth-order valence-corrected chi connectivity index (χ4v) is 5.43. The molecular weight excluding hydrogens is 864 g/mol. The quantitative estimate of drug-likeness (QED) is 0.0405. The molecular formula is C44H72O21. The van der Waals surface area contributed by atoms with Gasteiger partial charge in [0.05, 0.1) is 26.4 Å². The number of rotatable bonds is 23. The van der Waals surface area contributed by atoms with Crippen LogP contribution in [0.1, 0.15) is 105 Å². The Balaban J connectivity index is 0.000000395. The Labute approximate surface area is 382 Å². The van der Waals surface area contributed by atoms with Gasteiger partial charge >= 0.3 is 36.9 Å². The van der Waals surface area contributed by atoms with Crippen molar-refractivity contribution in [2.75, 3.05) is 79.3 Å². The first kappa shape index (κ1) is 58.0. The zero-order valence-electron chi connectivity index (χ0n) is 38.6. The summed E-state index contributed by atoms with van der Waals surface area (Å²) in [6, 6.07) is 0. The van der Waals surface area contributed by atoms with Gasteiger partial charge in [0, 0.05) is 13.2 Å². The van der Waals surface area contributed by atoms with Crippen LogP contribution >= 0.6 is 0 Å². The molecule has 6 unspecified atom stereocenters. The molecule has 6 aliphatic heterocycles. The third-order valence-electron chi connectivity index (χ3n) is 8.78. The molecule has 6 fully saturated rings. The van der Waals surface area contributed by atoms with Gasteiger partial charge in [-0.15, -0.1) is 6.58 Å². The van der Waals surface area contributed by atoms with Crippen LogP contribution in [0.3, 0.4) is 0 Å². The average Bonchev–Trinajstić information content (AvgIpc) is 4.18. The molecule has 0 radical (unpaired) electrons. The maximum Gasteiger partial charge on any atom is 0.509 e. The summed E-state index contributed by atoms with van der Waals surface area (Å²) in [7, 11) is 0. The largest absolute Gasteiger partial charge is 0.509 e. The van der Waals surface area contributed by atoms with E-state index in [9.17, 15) is 28.8 Å². The molecule has 21 heteroatoms. The van der Waals surface area contributed by atoms with E-state index in [0.29, 0.717) is 59.5 Å². The van der Waals surface area contributed by atoms with Gasteiger partial charge in [-0.2, -0.15) is 0 Å². The van der Waals surface area contributed by atoms with Crippen LogP contribution in [0.2, 0.25) is 0 Å². The van der Waals surface area contributed by atoms with Crippen LogP contribution in [0.15, 0.2) is 25.3 Å². The van der Waals surface area contributed by atoms with Crippen molar-refractivity contribution >= 4 is 36.9 Å². The SMILES string of the molecule is C=CC1COC(=O)O1.C=CCOCC1COC(=O)O1.CCCC1COC(=O)O1.CCCC1COC(=O)O1.CCCCCCOCC1COC(=O)O1.CCCCCCOCC1COC(=O)O1. The van der Waals surface area contributed by atoms with Crippen molar-refractivity contribution < 1.29 is 99.8 Å². The molecule has 0 saturated carbocycles. The van der Waals surface area contributed by atoms with E-state index in [2.05, 4.69) is 64.9 Å². The summed E-state index contributed by atoms with van der Waals surface area (Å²) >= 11 is 0. The molecule has 6 saturated heterocycles. The fraction of sp³-hybridized carbons (Fsp3) is 0.773. The smallest absolute Gasteiger partial charge is 0.430 e. The summed E-state index contributed by atoms with van der Waals surface area (Å²) in [6.45, 7) is 20.7. The number of hydrogen-bond acceptors (Lipinski definition) is 21. The van der Waals surface area contributed by atoms with Crippen LogP contribution in [0.4, 0.5) is 28.8 Å². The molecule has 21 nitrogen and oxygen atoms in total. The van der Waals surface area contributed by atoms with Crippen molar-refractivity contribution in [3.05, 3.63) is 25.3 Å². The first-order valence-corrected chi connectivity index (χ1v) is 22.4. The molecule has 0 aromatic heterocycles. The summed E-state index contributed by atoms with van der Waals surface area (Å²) in [5.74, 6) is 0. The Hall–Kier alpha value is -5.02. The maximum atomic E-state index is 10.5. The molecule has 6 atom stereocenters. The lowest BCUT2D eigenvalue weighted by Gasteiger charge is -2.06. The number of cyclic esters (lactones) is 12. The summed E-state index contributed by atoms with van der Waals surface area (Å²) in [4.78, 5) is 62.1. The average molecular weight is 937 g/mol. The van der Waals surface area contributed by atoms with Gasteiger partial charge in [-0.3, -0.25) is 0 Å². The lowest BCUT2D eigenvalue weighted by molar-refractivity contribution is 0.0443. The summed E-state index contributed by atoms with van der Waals surface area (Å²) in [6.07, 6.45) is 12.3. The zero-order chi connectivity index (χ0) is 47.9. The molecule has 6 heterocycles. The standard InChI is InChI=1S/2C10H18O4.C7H10O4.2C6H10O3.C5H6O3/c2*1-2-3-4-5-6-12-7-9-8-13-10(11)14-9;1-2-3-9-4-6-5-10-7(8)11-6;2*1-2-3-5-4-8-6(7)9-5;1-2-4-3-7-5(6)8-4/h2*9H,2-8H2,1H3;2,6H,1,3-5H2;2*5H,2-4H2,1H3;2,4H,1,3H2. The fourth-order valence-electron chi connectivity index (χ4n) is 5.43. The molecule has 6 rings (SSSR count). The van der Waals surface area contributed by atoms with Crippen LogP contribution in [-0.4, -0.2) is 153 Å². The van der Waals surface area contributed by atoms with E-state index in [4.69, 9.17) is 33.2 Å².